The van der Waals surface area contributed by atoms with Gasteiger partial charge in [0.25, 0.3) is 5.56 Å². The standard InChI is InChI=1S/C13H17N5O4S.ClH/c14-7-1-3-8(4-2-7)18-23(21,22)9-5-10-11(15-6-9)16-13(20)17-12(10)19;/h5-8,18H,1-4,14H2,(H2,15,16,17,19,20);1H. The number of H-pyrrole nitrogens is 2. The SMILES string of the molecule is Cl.NC1CCC(NS(=O)(=O)c2cnc3[nH]c(=O)[nH]c(=O)c3c2)CC1. The summed E-state index contributed by atoms with van der Waals surface area (Å²) in [6.07, 6.45) is 4.01. The molecule has 0 amide bonds. The number of aromatic amines is 2. The highest BCUT2D eigenvalue weighted by Gasteiger charge is 2.25. The van der Waals surface area contributed by atoms with Gasteiger partial charge >= 0.3 is 5.69 Å². The van der Waals surface area contributed by atoms with Crippen molar-refractivity contribution in [2.75, 3.05) is 0 Å². The van der Waals surface area contributed by atoms with Crippen LogP contribution in [-0.2, 0) is 10.0 Å². The van der Waals surface area contributed by atoms with Crippen LogP contribution >= 0.6 is 12.4 Å². The molecule has 1 aliphatic carbocycles. The van der Waals surface area contributed by atoms with Crippen molar-refractivity contribution < 1.29 is 8.42 Å². The molecule has 11 heteroatoms. The first-order valence-electron chi connectivity index (χ1n) is 7.25. The van der Waals surface area contributed by atoms with Gasteiger partial charge in [-0.3, -0.25) is 14.8 Å². The van der Waals surface area contributed by atoms with Gasteiger partial charge in [-0.1, -0.05) is 0 Å². The van der Waals surface area contributed by atoms with Crippen molar-refractivity contribution in [3.8, 4) is 0 Å². The van der Waals surface area contributed by atoms with Crippen molar-refractivity contribution in [3.05, 3.63) is 33.1 Å². The summed E-state index contributed by atoms with van der Waals surface area (Å²) in [4.78, 5) is 31.1. The number of hydrogen-bond acceptors (Lipinski definition) is 6. The molecule has 0 saturated heterocycles. The Morgan fingerprint density at radius 3 is 2.50 bits per heavy atom. The molecule has 1 saturated carbocycles. The molecule has 2 aromatic heterocycles. The summed E-state index contributed by atoms with van der Waals surface area (Å²) >= 11 is 0. The summed E-state index contributed by atoms with van der Waals surface area (Å²) < 4.78 is 27.5. The summed E-state index contributed by atoms with van der Waals surface area (Å²) in [5, 5.41) is 0.0122. The van der Waals surface area contributed by atoms with Crippen LogP contribution in [0.3, 0.4) is 0 Å². The quantitative estimate of drug-likeness (QED) is 0.572. The van der Waals surface area contributed by atoms with Crippen LogP contribution in [0.1, 0.15) is 25.7 Å². The molecule has 1 aliphatic rings. The van der Waals surface area contributed by atoms with Crippen molar-refractivity contribution in [3.63, 3.8) is 0 Å². The Bertz CT molecular complexity index is 947. The van der Waals surface area contributed by atoms with E-state index < -0.39 is 21.3 Å². The van der Waals surface area contributed by atoms with Crippen molar-refractivity contribution in [2.24, 2.45) is 5.73 Å². The third kappa shape index (κ3) is 3.83. The summed E-state index contributed by atoms with van der Waals surface area (Å²) in [7, 11) is -3.79. The van der Waals surface area contributed by atoms with Gasteiger partial charge in [0.15, 0.2) is 0 Å². The summed E-state index contributed by atoms with van der Waals surface area (Å²) in [6, 6.07) is 1.14. The number of nitrogens with two attached hydrogens (primary N) is 1. The van der Waals surface area contributed by atoms with E-state index in [1.54, 1.807) is 0 Å². The molecule has 0 spiro atoms. The van der Waals surface area contributed by atoms with E-state index in [2.05, 4.69) is 14.7 Å². The average molecular weight is 376 g/mol. The van der Waals surface area contributed by atoms with Gasteiger partial charge in [-0.2, -0.15) is 0 Å². The highest BCUT2D eigenvalue weighted by atomic mass is 35.5. The van der Waals surface area contributed by atoms with E-state index in [0.29, 0.717) is 12.8 Å². The average Bonchev–Trinajstić information content (AvgIpc) is 2.49. The molecule has 0 aliphatic heterocycles. The van der Waals surface area contributed by atoms with Crippen LogP contribution in [0.15, 0.2) is 26.7 Å². The number of fused-ring (bicyclic) bond motifs is 1. The van der Waals surface area contributed by atoms with E-state index in [9.17, 15) is 18.0 Å². The van der Waals surface area contributed by atoms with Gasteiger partial charge in [0.05, 0.1) is 5.39 Å². The second-order valence-electron chi connectivity index (χ2n) is 5.71. The van der Waals surface area contributed by atoms with Gasteiger partial charge in [0.1, 0.15) is 10.5 Å². The summed E-state index contributed by atoms with van der Waals surface area (Å²) in [5.41, 5.74) is 4.48. The fraction of sp³-hybridized carbons (Fsp3) is 0.462. The molecule has 2 heterocycles. The second-order valence-corrected chi connectivity index (χ2v) is 7.42. The zero-order valence-corrected chi connectivity index (χ0v) is 14.2. The van der Waals surface area contributed by atoms with E-state index in [0.717, 1.165) is 19.0 Å². The van der Waals surface area contributed by atoms with Crippen molar-refractivity contribution in [1.29, 1.82) is 0 Å². The Hall–Kier alpha value is -1.75. The predicted octanol–water partition coefficient (Wildman–Crippen LogP) is -0.419. The molecule has 0 atom stereocenters. The third-order valence-corrected chi connectivity index (χ3v) is 5.46. The van der Waals surface area contributed by atoms with Crippen LogP contribution < -0.4 is 21.7 Å². The highest BCUT2D eigenvalue weighted by molar-refractivity contribution is 7.89. The van der Waals surface area contributed by atoms with Crippen LogP contribution in [0.2, 0.25) is 0 Å². The molecule has 5 N–H and O–H groups in total. The molecular weight excluding hydrogens is 358 g/mol. The number of rotatable bonds is 3. The molecular formula is C13H18ClN5O4S. The number of halogens is 1. The lowest BCUT2D eigenvalue weighted by Gasteiger charge is -2.26. The van der Waals surface area contributed by atoms with Crippen LogP contribution in [-0.4, -0.2) is 35.5 Å². The van der Waals surface area contributed by atoms with Gasteiger partial charge in [-0.15, -0.1) is 12.4 Å². The van der Waals surface area contributed by atoms with E-state index in [-0.39, 0.29) is 40.4 Å². The van der Waals surface area contributed by atoms with Crippen molar-refractivity contribution >= 4 is 33.5 Å². The normalized spacial score (nSPS) is 21.4. The van der Waals surface area contributed by atoms with Gasteiger partial charge in [-0.25, -0.2) is 22.9 Å². The lowest BCUT2D eigenvalue weighted by atomic mass is 9.93. The van der Waals surface area contributed by atoms with Crippen molar-refractivity contribution in [1.82, 2.24) is 19.7 Å². The van der Waals surface area contributed by atoms with Gasteiger partial charge in [-0.05, 0) is 31.7 Å². The Labute approximate surface area is 143 Å². The first kappa shape index (κ1) is 18.6. The van der Waals surface area contributed by atoms with Crippen LogP contribution in [0, 0.1) is 0 Å². The minimum Gasteiger partial charge on any atom is -0.328 e. The van der Waals surface area contributed by atoms with E-state index in [4.69, 9.17) is 5.73 Å². The van der Waals surface area contributed by atoms with E-state index in [1.165, 1.54) is 6.07 Å². The highest BCUT2D eigenvalue weighted by Crippen LogP contribution is 2.20. The smallest absolute Gasteiger partial charge is 0.327 e. The molecule has 0 radical (unpaired) electrons. The summed E-state index contributed by atoms with van der Waals surface area (Å²) in [6.45, 7) is 0. The maximum Gasteiger partial charge on any atom is 0.327 e. The Morgan fingerprint density at radius 1 is 1.17 bits per heavy atom. The van der Waals surface area contributed by atoms with E-state index >= 15 is 0 Å². The maximum absolute atomic E-state index is 12.4. The Balaban J connectivity index is 0.00000208. The predicted molar refractivity (Wildman–Crippen MR) is 90.8 cm³/mol. The summed E-state index contributed by atoms with van der Waals surface area (Å²) in [5.74, 6) is 0. The first-order valence-corrected chi connectivity index (χ1v) is 8.74. The minimum absolute atomic E-state index is 0. The van der Waals surface area contributed by atoms with Gasteiger partial charge in [0, 0.05) is 18.3 Å². The van der Waals surface area contributed by atoms with Crippen LogP contribution in [0.5, 0.6) is 0 Å². The zero-order chi connectivity index (χ0) is 16.6. The molecule has 2 aromatic rings. The monoisotopic (exact) mass is 375 g/mol. The molecule has 132 valence electrons. The third-order valence-electron chi connectivity index (χ3n) is 3.97. The Kier molecular flexibility index (Phi) is 5.43. The molecule has 0 unspecified atom stereocenters. The van der Waals surface area contributed by atoms with E-state index in [1.807, 2.05) is 4.98 Å². The number of nitrogens with zero attached hydrogens (tertiary/aromatic N) is 1. The zero-order valence-electron chi connectivity index (χ0n) is 12.6. The lowest BCUT2D eigenvalue weighted by molar-refractivity contribution is 0.373. The van der Waals surface area contributed by atoms with Gasteiger partial charge in [0.2, 0.25) is 10.0 Å². The molecule has 9 nitrogen and oxygen atoms in total. The molecule has 0 aromatic carbocycles. The van der Waals surface area contributed by atoms with Crippen molar-refractivity contribution in [2.45, 2.75) is 42.7 Å². The lowest BCUT2D eigenvalue weighted by Crippen LogP contribution is -2.40. The largest absolute Gasteiger partial charge is 0.328 e. The number of hydrogen-bond donors (Lipinski definition) is 4. The maximum atomic E-state index is 12.4. The number of aromatic nitrogens is 3. The minimum atomic E-state index is -3.79. The number of pyridine rings is 1. The fourth-order valence-corrected chi connectivity index (χ4v) is 3.97. The topological polar surface area (TPSA) is 151 Å². The first-order chi connectivity index (χ1) is 10.8. The molecule has 24 heavy (non-hydrogen) atoms. The molecule has 1 fully saturated rings. The molecule has 3 rings (SSSR count). The fourth-order valence-electron chi connectivity index (χ4n) is 2.70. The second kappa shape index (κ2) is 7.01. The number of nitrogens with one attached hydrogen (secondary N) is 3. The Morgan fingerprint density at radius 2 is 1.83 bits per heavy atom. The van der Waals surface area contributed by atoms with Crippen LogP contribution in [0.25, 0.3) is 11.0 Å². The van der Waals surface area contributed by atoms with Gasteiger partial charge < -0.3 is 5.73 Å². The molecule has 0 bridgehead atoms. The number of sulfonamides is 1. The van der Waals surface area contributed by atoms with Crippen LogP contribution in [0.4, 0.5) is 0 Å².